The van der Waals surface area contributed by atoms with Crippen LogP contribution in [0.4, 0.5) is 5.69 Å². The van der Waals surface area contributed by atoms with E-state index in [-0.39, 0.29) is 5.69 Å². The number of fused-ring (bicyclic) bond motifs is 1. The zero-order valence-electron chi connectivity index (χ0n) is 15.7. The van der Waals surface area contributed by atoms with Crippen molar-refractivity contribution >= 4 is 16.7 Å². The van der Waals surface area contributed by atoms with Crippen molar-refractivity contribution in [1.29, 1.82) is 0 Å². The SMILES string of the molecule is CCCn1c(=O)n(CN2CCN(c3ccccc3O)CC2)c2ccccc21. The van der Waals surface area contributed by atoms with E-state index >= 15 is 0 Å². The lowest BCUT2D eigenvalue weighted by molar-refractivity contribution is 0.205. The summed E-state index contributed by atoms with van der Waals surface area (Å²) in [6.45, 7) is 6.82. The Hall–Kier alpha value is -2.73. The van der Waals surface area contributed by atoms with E-state index < -0.39 is 0 Å². The fourth-order valence-electron chi connectivity index (χ4n) is 3.91. The van der Waals surface area contributed by atoms with Crippen LogP contribution < -0.4 is 10.6 Å². The highest BCUT2D eigenvalue weighted by Gasteiger charge is 2.21. The highest BCUT2D eigenvalue weighted by atomic mass is 16.3. The first kappa shape index (κ1) is 17.7. The summed E-state index contributed by atoms with van der Waals surface area (Å²) in [5.74, 6) is 0.324. The van der Waals surface area contributed by atoms with Crippen molar-refractivity contribution in [2.24, 2.45) is 0 Å². The molecule has 0 saturated carbocycles. The molecule has 0 spiro atoms. The van der Waals surface area contributed by atoms with Gasteiger partial charge in [0.1, 0.15) is 5.75 Å². The average Bonchev–Trinajstić information content (AvgIpc) is 2.95. The molecule has 0 atom stereocenters. The van der Waals surface area contributed by atoms with E-state index in [0.29, 0.717) is 12.4 Å². The first-order valence-corrected chi connectivity index (χ1v) is 9.62. The fraction of sp³-hybridized carbons (Fsp3) is 0.381. The van der Waals surface area contributed by atoms with Gasteiger partial charge in [-0.15, -0.1) is 0 Å². The molecule has 1 aromatic heterocycles. The Morgan fingerprint density at radius 3 is 2.19 bits per heavy atom. The highest BCUT2D eigenvalue weighted by Crippen LogP contribution is 2.27. The molecule has 0 radical (unpaired) electrons. The lowest BCUT2D eigenvalue weighted by Gasteiger charge is -2.36. The van der Waals surface area contributed by atoms with Gasteiger partial charge < -0.3 is 10.0 Å². The third-order valence-electron chi connectivity index (χ3n) is 5.31. The van der Waals surface area contributed by atoms with Gasteiger partial charge in [0.25, 0.3) is 0 Å². The normalized spacial score (nSPS) is 15.5. The Balaban J connectivity index is 1.52. The number of rotatable bonds is 5. The number of aromatic hydroxyl groups is 1. The number of anilines is 1. The molecule has 1 saturated heterocycles. The summed E-state index contributed by atoms with van der Waals surface area (Å²) in [4.78, 5) is 17.4. The molecule has 2 aromatic carbocycles. The van der Waals surface area contributed by atoms with Crippen LogP contribution in [-0.4, -0.2) is 45.3 Å². The first-order valence-electron chi connectivity index (χ1n) is 9.62. The Morgan fingerprint density at radius 2 is 1.52 bits per heavy atom. The summed E-state index contributed by atoms with van der Waals surface area (Å²) >= 11 is 0. The van der Waals surface area contributed by atoms with E-state index in [0.717, 1.165) is 55.9 Å². The molecule has 0 bridgehead atoms. The van der Waals surface area contributed by atoms with E-state index in [2.05, 4.69) is 16.7 Å². The number of nitrogens with zero attached hydrogens (tertiary/aromatic N) is 4. The van der Waals surface area contributed by atoms with Crippen molar-refractivity contribution < 1.29 is 5.11 Å². The Bertz CT molecular complexity index is 983. The van der Waals surface area contributed by atoms with Gasteiger partial charge in [-0.2, -0.15) is 0 Å². The van der Waals surface area contributed by atoms with E-state index in [1.54, 1.807) is 6.07 Å². The lowest BCUT2D eigenvalue weighted by atomic mass is 10.2. The van der Waals surface area contributed by atoms with Crippen LogP contribution in [0, 0.1) is 0 Å². The summed E-state index contributed by atoms with van der Waals surface area (Å²) in [6.07, 6.45) is 0.938. The number of phenols is 1. The van der Waals surface area contributed by atoms with Gasteiger partial charge in [0.05, 0.1) is 23.4 Å². The number of aromatic nitrogens is 2. The average molecular weight is 366 g/mol. The van der Waals surface area contributed by atoms with Gasteiger partial charge in [-0.3, -0.25) is 14.0 Å². The van der Waals surface area contributed by atoms with Crippen LogP contribution in [-0.2, 0) is 13.2 Å². The van der Waals surface area contributed by atoms with E-state index in [1.165, 1.54) is 0 Å². The molecule has 1 N–H and O–H groups in total. The maximum atomic E-state index is 12.9. The summed E-state index contributed by atoms with van der Waals surface area (Å²) in [5.41, 5.74) is 2.96. The Kier molecular flexibility index (Phi) is 4.90. The van der Waals surface area contributed by atoms with Gasteiger partial charge >= 0.3 is 5.69 Å². The monoisotopic (exact) mass is 366 g/mol. The number of benzene rings is 2. The van der Waals surface area contributed by atoms with E-state index in [9.17, 15) is 9.90 Å². The number of para-hydroxylation sites is 4. The van der Waals surface area contributed by atoms with Crippen molar-refractivity contribution in [3.8, 4) is 5.75 Å². The maximum absolute atomic E-state index is 12.9. The van der Waals surface area contributed by atoms with Gasteiger partial charge in [0.15, 0.2) is 0 Å². The van der Waals surface area contributed by atoms with Crippen LogP contribution in [0.25, 0.3) is 11.0 Å². The van der Waals surface area contributed by atoms with Gasteiger partial charge in [-0.05, 0) is 30.7 Å². The van der Waals surface area contributed by atoms with E-state index in [1.807, 2.05) is 51.6 Å². The number of hydrogen-bond acceptors (Lipinski definition) is 4. The van der Waals surface area contributed by atoms with Crippen molar-refractivity contribution in [2.75, 3.05) is 31.1 Å². The Labute approximate surface area is 158 Å². The molecule has 0 unspecified atom stereocenters. The zero-order chi connectivity index (χ0) is 18.8. The minimum absolute atomic E-state index is 0.0705. The highest BCUT2D eigenvalue weighted by molar-refractivity contribution is 5.75. The molecule has 0 amide bonds. The second-order valence-electron chi connectivity index (χ2n) is 7.09. The molecule has 3 aromatic rings. The van der Waals surface area contributed by atoms with Crippen molar-refractivity contribution in [3.63, 3.8) is 0 Å². The third kappa shape index (κ3) is 3.32. The number of phenolic OH excluding ortho intramolecular Hbond substituents is 1. The van der Waals surface area contributed by atoms with Gasteiger partial charge in [-0.1, -0.05) is 31.2 Å². The zero-order valence-corrected chi connectivity index (χ0v) is 15.7. The smallest absolute Gasteiger partial charge is 0.330 e. The van der Waals surface area contributed by atoms with Gasteiger partial charge in [-0.25, -0.2) is 4.79 Å². The summed E-state index contributed by atoms with van der Waals surface area (Å²) in [5, 5.41) is 10.1. The molecule has 4 rings (SSSR count). The largest absolute Gasteiger partial charge is 0.506 e. The molecule has 0 aliphatic carbocycles. The van der Waals surface area contributed by atoms with Crippen LogP contribution in [0.15, 0.2) is 53.3 Å². The van der Waals surface area contributed by atoms with Gasteiger partial charge in [0.2, 0.25) is 0 Å². The second kappa shape index (κ2) is 7.48. The number of imidazole rings is 1. The van der Waals surface area contributed by atoms with E-state index in [4.69, 9.17) is 0 Å². The third-order valence-corrected chi connectivity index (χ3v) is 5.31. The molecule has 2 heterocycles. The number of hydrogen-bond donors (Lipinski definition) is 1. The van der Waals surface area contributed by atoms with Crippen LogP contribution in [0.2, 0.25) is 0 Å². The molecule has 6 nitrogen and oxygen atoms in total. The van der Waals surface area contributed by atoms with Crippen molar-refractivity contribution in [1.82, 2.24) is 14.0 Å². The minimum Gasteiger partial charge on any atom is -0.506 e. The minimum atomic E-state index is 0.0705. The predicted molar refractivity (Wildman–Crippen MR) is 108 cm³/mol. The van der Waals surface area contributed by atoms with Crippen LogP contribution in [0.1, 0.15) is 13.3 Å². The molecule has 142 valence electrons. The molecule has 1 fully saturated rings. The number of piperazine rings is 1. The molecule has 1 aliphatic rings. The topological polar surface area (TPSA) is 53.6 Å². The maximum Gasteiger partial charge on any atom is 0.330 e. The second-order valence-corrected chi connectivity index (χ2v) is 7.09. The lowest BCUT2D eigenvalue weighted by Crippen LogP contribution is -2.47. The first-order chi connectivity index (χ1) is 13.2. The molecular weight excluding hydrogens is 340 g/mol. The van der Waals surface area contributed by atoms with Crippen molar-refractivity contribution in [2.45, 2.75) is 26.6 Å². The van der Waals surface area contributed by atoms with Crippen LogP contribution >= 0.6 is 0 Å². The Morgan fingerprint density at radius 1 is 0.889 bits per heavy atom. The molecular formula is C21H26N4O2. The van der Waals surface area contributed by atoms with Crippen molar-refractivity contribution in [3.05, 3.63) is 59.0 Å². The summed E-state index contributed by atoms with van der Waals surface area (Å²) in [7, 11) is 0. The summed E-state index contributed by atoms with van der Waals surface area (Å²) in [6, 6.07) is 15.5. The molecule has 27 heavy (non-hydrogen) atoms. The predicted octanol–water partition coefficient (Wildman–Crippen LogP) is 2.70. The van der Waals surface area contributed by atoms with Gasteiger partial charge in [0, 0.05) is 32.7 Å². The standard InChI is InChI=1S/C21H26N4O2/c1-2-11-24-17-7-3-4-8-18(17)25(21(24)27)16-22-12-14-23(15-13-22)19-9-5-6-10-20(19)26/h3-10,26H,2,11-16H2,1H3. The fourth-order valence-corrected chi connectivity index (χ4v) is 3.91. The van der Waals surface area contributed by atoms with Crippen LogP contribution in [0.5, 0.6) is 5.75 Å². The number of aryl methyl sites for hydroxylation is 1. The molecule has 6 heteroatoms. The quantitative estimate of drug-likeness (QED) is 0.754. The van der Waals surface area contributed by atoms with Crippen LogP contribution in [0.3, 0.4) is 0 Å². The molecule has 1 aliphatic heterocycles. The summed E-state index contributed by atoms with van der Waals surface area (Å²) < 4.78 is 3.77.